The molecule has 1 unspecified atom stereocenters. The van der Waals surface area contributed by atoms with E-state index in [9.17, 15) is 4.79 Å². The van der Waals surface area contributed by atoms with E-state index in [-0.39, 0.29) is 0 Å². The second kappa shape index (κ2) is 3.66. The van der Waals surface area contributed by atoms with E-state index < -0.39 is 11.5 Å². The van der Waals surface area contributed by atoms with Crippen LogP contribution < -0.4 is 0 Å². The van der Waals surface area contributed by atoms with Gasteiger partial charge in [0.25, 0.3) is 0 Å². The minimum absolute atomic E-state index is 0.519. The fraction of sp³-hybridized carbons (Fsp3) is 0.900. The summed E-state index contributed by atoms with van der Waals surface area (Å²) >= 11 is 0. The SMILES string of the molecule is CCN(C1CC1)C(C)(CC)C(=O)O. The van der Waals surface area contributed by atoms with Crippen molar-refractivity contribution in [3.05, 3.63) is 0 Å². The molecule has 0 radical (unpaired) electrons. The highest BCUT2D eigenvalue weighted by Crippen LogP contribution is 2.34. The molecule has 3 heteroatoms. The Kier molecular flexibility index (Phi) is 2.96. The Balaban J connectivity index is 2.77. The number of hydrogen-bond acceptors (Lipinski definition) is 2. The van der Waals surface area contributed by atoms with Crippen molar-refractivity contribution in [3.63, 3.8) is 0 Å². The van der Waals surface area contributed by atoms with Crippen LogP contribution >= 0.6 is 0 Å². The number of carboxylic acid groups (broad SMARTS) is 1. The van der Waals surface area contributed by atoms with Gasteiger partial charge in [-0.3, -0.25) is 9.69 Å². The molecule has 1 rings (SSSR count). The van der Waals surface area contributed by atoms with Crippen molar-refractivity contribution < 1.29 is 9.90 Å². The van der Waals surface area contributed by atoms with E-state index >= 15 is 0 Å². The third kappa shape index (κ3) is 1.85. The summed E-state index contributed by atoms with van der Waals surface area (Å²) in [4.78, 5) is 13.3. The molecule has 76 valence electrons. The van der Waals surface area contributed by atoms with Gasteiger partial charge in [0.2, 0.25) is 0 Å². The van der Waals surface area contributed by atoms with Crippen LogP contribution in [0.1, 0.15) is 40.0 Å². The van der Waals surface area contributed by atoms with E-state index in [1.807, 2.05) is 20.8 Å². The number of aliphatic carboxylic acids is 1. The van der Waals surface area contributed by atoms with Gasteiger partial charge in [0.15, 0.2) is 0 Å². The summed E-state index contributed by atoms with van der Waals surface area (Å²) in [5, 5.41) is 9.17. The summed E-state index contributed by atoms with van der Waals surface area (Å²) in [7, 11) is 0. The van der Waals surface area contributed by atoms with Crippen LogP contribution in [-0.2, 0) is 4.79 Å². The predicted molar refractivity (Wildman–Crippen MR) is 51.7 cm³/mol. The van der Waals surface area contributed by atoms with Crippen LogP contribution in [0.2, 0.25) is 0 Å². The molecule has 0 aromatic rings. The molecular weight excluding hydrogens is 166 g/mol. The van der Waals surface area contributed by atoms with Gasteiger partial charge in [0.05, 0.1) is 0 Å². The highest BCUT2D eigenvalue weighted by Gasteiger charge is 2.44. The average Bonchev–Trinajstić information content (AvgIpc) is 2.89. The molecule has 3 nitrogen and oxygen atoms in total. The number of carbonyl (C=O) groups is 1. The lowest BCUT2D eigenvalue weighted by molar-refractivity contribution is -0.151. The molecule has 1 aliphatic carbocycles. The summed E-state index contributed by atoms with van der Waals surface area (Å²) in [5.74, 6) is -0.691. The average molecular weight is 185 g/mol. The fourth-order valence-corrected chi connectivity index (χ4v) is 1.87. The van der Waals surface area contributed by atoms with E-state index in [1.165, 1.54) is 0 Å². The topological polar surface area (TPSA) is 40.5 Å². The van der Waals surface area contributed by atoms with Crippen LogP contribution in [-0.4, -0.2) is 34.1 Å². The smallest absolute Gasteiger partial charge is 0.323 e. The number of rotatable bonds is 5. The Bertz CT molecular complexity index is 201. The summed E-state index contributed by atoms with van der Waals surface area (Å²) in [5.41, 5.74) is -0.657. The van der Waals surface area contributed by atoms with Crippen molar-refractivity contribution in [3.8, 4) is 0 Å². The van der Waals surface area contributed by atoms with Gasteiger partial charge < -0.3 is 5.11 Å². The van der Waals surface area contributed by atoms with Crippen LogP contribution in [0.3, 0.4) is 0 Å². The lowest BCUT2D eigenvalue weighted by Gasteiger charge is -2.36. The molecule has 0 amide bonds. The zero-order chi connectivity index (χ0) is 10.1. The maximum absolute atomic E-state index is 11.1. The van der Waals surface area contributed by atoms with Gasteiger partial charge in [-0.2, -0.15) is 0 Å². The highest BCUT2D eigenvalue weighted by atomic mass is 16.4. The van der Waals surface area contributed by atoms with Gasteiger partial charge in [-0.25, -0.2) is 0 Å². The second-order valence-electron chi connectivity index (χ2n) is 3.95. The zero-order valence-corrected chi connectivity index (χ0v) is 8.71. The van der Waals surface area contributed by atoms with Crippen molar-refractivity contribution in [2.45, 2.75) is 51.6 Å². The van der Waals surface area contributed by atoms with E-state index in [0.717, 1.165) is 19.4 Å². The van der Waals surface area contributed by atoms with Gasteiger partial charge >= 0.3 is 5.97 Å². The minimum Gasteiger partial charge on any atom is -0.480 e. The maximum Gasteiger partial charge on any atom is 0.323 e. The monoisotopic (exact) mass is 185 g/mol. The molecule has 1 atom stereocenters. The number of likely N-dealkylation sites (N-methyl/N-ethyl adjacent to an activating group) is 1. The maximum atomic E-state index is 11.1. The predicted octanol–water partition coefficient (Wildman–Crippen LogP) is 1.72. The fourth-order valence-electron chi connectivity index (χ4n) is 1.87. The Labute approximate surface area is 79.7 Å². The lowest BCUT2D eigenvalue weighted by Crippen LogP contribution is -2.53. The van der Waals surface area contributed by atoms with Gasteiger partial charge in [-0.1, -0.05) is 13.8 Å². The van der Waals surface area contributed by atoms with Crippen LogP contribution in [0.5, 0.6) is 0 Å². The first kappa shape index (κ1) is 10.5. The van der Waals surface area contributed by atoms with Gasteiger partial charge in [-0.15, -0.1) is 0 Å². The van der Waals surface area contributed by atoms with Crippen molar-refractivity contribution in [1.29, 1.82) is 0 Å². The molecule has 0 spiro atoms. The minimum atomic E-state index is -0.691. The van der Waals surface area contributed by atoms with Crippen molar-refractivity contribution in [1.82, 2.24) is 4.90 Å². The molecule has 0 heterocycles. The largest absolute Gasteiger partial charge is 0.480 e. The molecule has 1 N–H and O–H groups in total. The van der Waals surface area contributed by atoms with Crippen LogP contribution in [0.15, 0.2) is 0 Å². The molecule has 0 bridgehead atoms. The van der Waals surface area contributed by atoms with E-state index in [0.29, 0.717) is 12.5 Å². The normalized spacial score (nSPS) is 21.5. The van der Waals surface area contributed by atoms with E-state index in [1.54, 1.807) is 0 Å². The quantitative estimate of drug-likeness (QED) is 0.709. The Morgan fingerprint density at radius 3 is 2.31 bits per heavy atom. The molecule has 1 saturated carbocycles. The van der Waals surface area contributed by atoms with Gasteiger partial charge in [-0.05, 0) is 32.7 Å². The number of hydrogen-bond donors (Lipinski definition) is 1. The standard InChI is InChI=1S/C10H19NO2/c1-4-10(3,9(12)13)11(5-2)8-6-7-8/h8H,4-7H2,1-3H3,(H,12,13). The summed E-state index contributed by atoms with van der Waals surface area (Å²) < 4.78 is 0. The first-order valence-electron chi connectivity index (χ1n) is 5.06. The van der Waals surface area contributed by atoms with Crippen LogP contribution in [0.25, 0.3) is 0 Å². The molecule has 0 saturated heterocycles. The van der Waals surface area contributed by atoms with Crippen molar-refractivity contribution in [2.75, 3.05) is 6.54 Å². The third-order valence-electron chi connectivity index (χ3n) is 3.11. The Morgan fingerprint density at radius 1 is 1.54 bits per heavy atom. The van der Waals surface area contributed by atoms with Gasteiger partial charge in [0.1, 0.15) is 5.54 Å². The van der Waals surface area contributed by atoms with E-state index in [2.05, 4.69) is 4.90 Å². The third-order valence-corrected chi connectivity index (χ3v) is 3.11. The second-order valence-corrected chi connectivity index (χ2v) is 3.95. The Morgan fingerprint density at radius 2 is 2.08 bits per heavy atom. The van der Waals surface area contributed by atoms with Crippen LogP contribution in [0.4, 0.5) is 0 Å². The Hall–Kier alpha value is -0.570. The van der Waals surface area contributed by atoms with E-state index in [4.69, 9.17) is 5.11 Å². The molecule has 13 heavy (non-hydrogen) atoms. The zero-order valence-electron chi connectivity index (χ0n) is 8.71. The molecule has 1 fully saturated rings. The van der Waals surface area contributed by atoms with Crippen molar-refractivity contribution in [2.24, 2.45) is 0 Å². The van der Waals surface area contributed by atoms with Crippen molar-refractivity contribution >= 4 is 5.97 Å². The van der Waals surface area contributed by atoms with Gasteiger partial charge in [0, 0.05) is 6.04 Å². The number of nitrogens with zero attached hydrogens (tertiary/aromatic N) is 1. The first-order valence-corrected chi connectivity index (χ1v) is 5.06. The highest BCUT2D eigenvalue weighted by molar-refractivity contribution is 5.78. The molecule has 0 aromatic carbocycles. The van der Waals surface area contributed by atoms with Crippen LogP contribution in [0, 0.1) is 0 Å². The molecular formula is C10H19NO2. The first-order chi connectivity index (χ1) is 6.06. The summed E-state index contributed by atoms with van der Waals surface area (Å²) in [6.45, 7) is 6.65. The summed E-state index contributed by atoms with van der Waals surface area (Å²) in [6.07, 6.45) is 3.00. The molecule has 1 aliphatic rings. The number of carboxylic acids is 1. The molecule has 0 aromatic heterocycles. The summed E-state index contributed by atoms with van der Waals surface area (Å²) in [6, 6.07) is 0.519. The lowest BCUT2D eigenvalue weighted by atomic mass is 9.96. The molecule has 0 aliphatic heterocycles.